The number of rotatable bonds is 3. The van der Waals surface area contributed by atoms with Crippen LogP contribution in [0.4, 0.5) is 0 Å². The van der Waals surface area contributed by atoms with Gasteiger partial charge in [0.2, 0.25) is 5.91 Å². The minimum atomic E-state index is -0.358. The van der Waals surface area contributed by atoms with E-state index in [0.29, 0.717) is 18.4 Å². The van der Waals surface area contributed by atoms with Crippen molar-refractivity contribution in [1.82, 2.24) is 15.2 Å². The first-order chi connectivity index (χ1) is 10.5. The van der Waals surface area contributed by atoms with Gasteiger partial charge in [0.05, 0.1) is 0 Å². The van der Waals surface area contributed by atoms with Gasteiger partial charge in [-0.3, -0.25) is 9.59 Å². The maximum Gasteiger partial charge on any atom is 0.266 e. The summed E-state index contributed by atoms with van der Waals surface area (Å²) in [5.41, 5.74) is 2.10. The molecule has 1 unspecified atom stereocenters. The van der Waals surface area contributed by atoms with Crippen LogP contribution in [0.5, 0.6) is 0 Å². The van der Waals surface area contributed by atoms with Crippen molar-refractivity contribution in [3.8, 4) is 6.07 Å². The summed E-state index contributed by atoms with van der Waals surface area (Å²) in [6, 6.07) is 2.14. The number of amides is 1. The molecule has 2 N–H and O–H groups in total. The first-order valence-electron chi connectivity index (χ1n) is 7.58. The number of hydrogen-bond donors (Lipinski definition) is 2. The number of aromatic nitrogens is 1. The zero-order valence-electron chi connectivity index (χ0n) is 13.7. The Labute approximate surface area is 142 Å². The highest BCUT2D eigenvalue weighted by molar-refractivity contribution is 5.85. The maximum atomic E-state index is 12.4. The molecule has 126 valence electrons. The fourth-order valence-electron chi connectivity index (χ4n) is 3.01. The van der Waals surface area contributed by atoms with Crippen LogP contribution in [-0.2, 0) is 11.2 Å². The zero-order valence-corrected chi connectivity index (χ0v) is 14.5. The minimum absolute atomic E-state index is 0. The third-order valence-corrected chi connectivity index (χ3v) is 4.33. The number of nitrogens with one attached hydrogen (secondary N) is 2. The molecule has 1 aliphatic rings. The second-order valence-electron chi connectivity index (χ2n) is 5.81. The lowest BCUT2D eigenvalue weighted by Crippen LogP contribution is -2.52. The highest BCUT2D eigenvalue weighted by Crippen LogP contribution is 2.16. The maximum absolute atomic E-state index is 12.4. The van der Waals surface area contributed by atoms with Gasteiger partial charge in [-0.25, -0.2) is 0 Å². The first-order valence-corrected chi connectivity index (χ1v) is 7.58. The molecule has 23 heavy (non-hydrogen) atoms. The van der Waals surface area contributed by atoms with Gasteiger partial charge in [0.1, 0.15) is 11.6 Å². The lowest BCUT2D eigenvalue weighted by molar-refractivity contribution is -0.133. The Morgan fingerprint density at radius 1 is 1.43 bits per heavy atom. The van der Waals surface area contributed by atoms with Gasteiger partial charge in [-0.1, -0.05) is 0 Å². The highest BCUT2D eigenvalue weighted by Gasteiger charge is 2.23. The number of aryl methyl sites for hydroxylation is 1. The normalized spacial score (nSPS) is 17.3. The van der Waals surface area contributed by atoms with Crippen molar-refractivity contribution >= 4 is 18.3 Å². The first kappa shape index (κ1) is 19.2. The highest BCUT2D eigenvalue weighted by atomic mass is 35.5. The third-order valence-electron chi connectivity index (χ3n) is 4.33. The predicted octanol–water partition coefficient (Wildman–Crippen LogP) is 1.04. The summed E-state index contributed by atoms with van der Waals surface area (Å²) in [6.07, 6.45) is 0.932. The van der Waals surface area contributed by atoms with Crippen LogP contribution in [0.1, 0.15) is 35.7 Å². The van der Waals surface area contributed by atoms with E-state index in [2.05, 4.69) is 10.3 Å². The van der Waals surface area contributed by atoms with Crippen LogP contribution >= 0.6 is 12.4 Å². The molecule has 7 heteroatoms. The van der Waals surface area contributed by atoms with E-state index in [4.69, 9.17) is 5.26 Å². The molecule has 0 spiro atoms. The number of piperazine rings is 1. The second kappa shape index (κ2) is 8.14. The largest absolute Gasteiger partial charge is 0.337 e. The van der Waals surface area contributed by atoms with Crippen molar-refractivity contribution in [1.29, 1.82) is 5.26 Å². The number of nitriles is 1. The monoisotopic (exact) mass is 338 g/mol. The van der Waals surface area contributed by atoms with Crippen molar-refractivity contribution in [2.24, 2.45) is 0 Å². The van der Waals surface area contributed by atoms with Crippen molar-refractivity contribution in [2.75, 3.05) is 19.6 Å². The van der Waals surface area contributed by atoms with Gasteiger partial charge in [0.15, 0.2) is 0 Å². The summed E-state index contributed by atoms with van der Waals surface area (Å²) in [4.78, 5) is 28.7. The van der Waals surface area contributed by atoms with E-state index < -0.39 is 0 Å². The molecule has 1 saturated heterocycles. The third kappa shape index (κ3) is 4.12. The van der Waals surface area contributed by atoms with Gasteiger partial charge in [0, 0.05) is 37.8 Å². The summed E-state index contributed by atoms with van der Waals surface area (Å²) < 4.78 is 0. The van der Waals surface area contributed by atoms with Crippen LogP contribution < -0.4 is 10.9 Å². The van der Waals surface area contributed by atoms with E-state index in [0.717, 1.165) is 30.9 Å². The number of carbonyl (C=O) groups is 1. The Balaban J connectivity index is 0.00000264. The average molecular weight is 339 g/mol. The molecule has 1 atom stereocenters. The molecule has 1 fully saturated rings. The molecule has 0 aromatic carbocycles. The summed E-state index contributed by atoms with van der Waals surface area (Å²) in [5.74, 6) is 0.123. The molecule has 2 rings (SSSR count). The molecule has 0 bridgehead atoms. The van der Waals surface area contributed by atoms with Gasteiger partial charge in [0.25, 0.3) is 5.56 Å². The summed E-state index contributed by atoms with van der Waals surface area (Å²) >= 11 is 0. The number of halogens is 1. The number of H-pyrrole nitrogens is 1. The van der Waals surface area contributed by atoms with Crippen LogP contribution in [-0.4, -0.2) is 41.5 Å². The van der Waals surface area contributed by atoms with Crippen molar-refractivity contribution in [3.05, 3.63) is 32.7 Å². The van der Waals surface area contributed by atoms with E-state index in [1.807, 2.05) is 24.8 Å². The molecule has 1 amide bonds. The van der Waals surface area contributed by atoms with Crippen molar-refractivity contribution in [2.45, 2.75) is 39.7 Å². The van der Waals surface area contributed by atoms with Gasteiger partial charge in [-0.2, -0.15) is 5.26 Å². The standard InChI is InChI=1S/C16H22N4O2.ClH/c1-10-9-18-6-7-20(10)15(21)5-4-13-11(2)14(8-17)16(22)19-12(13)3;/h10,18H,4-7,9H2,1-3H3,(H,19,22);1H. The minimum Gasteiger partial charge on any atom is -0.337 e. The SMILES string of the molecule is Cc1[nH]c(=O)c(C#N)c(C)c1CCC(=O)N1CCNCC1C.Cl. The van der Waals surface area contributed by atoms with Crippen molar-refractivity contribution in [3.63, 3.8) is 0 Å². The average Bonchev–Trinajstić information content (AvgIpc) is 2.47. The fourth-order valence-corrected chi connectivity index (χ4v) is 3.01. The van der Waals surface area contributed by atoms with E-state index in [1.54, 1.807) is 6.92 Å². The summed E-state index contributed by atoms with van der Waals surface area (Å²) in [7, 11) is 0. The number of hydrogen-bond acceptors (Lipinski definition) is 4. The molecule has 6 nitrogen and oxygen atoms in total. The fraction of sp³-hybridized carbons (Fsp3) is 0.562. The molecular weight excluding hydrogens is 316 g/mol. The van der Waals surface area contributed by atoms with E-state index in [1.165, 1.54) is 0 Å². The lowest BCUT2D eigenvalue weighted by Gasteiger charge is -2.34. The molecule has 2 heterocycles. The number of nitrogens with zero attached hydrogens (tertiary/aromatic N) is 2. The molecule has 0 saturated carbocycles. The van der Waals surface area contributed by atoms with E-state index >= 15 is 0 Å². The smallest absolute Gasteiger partial charge is 0.266 e. The molecular formula is C16H23ClN4O2. The van der Waals surface area contributed by atoms with Gasteiger partial charge < -0.3 is 15.2 Å². The van der Waals surface area contributed by atoms with Gasteiger partial charge in [-0.15, -0.1) is 12.4 Å². The quantitative estimate of drug-likeness (QED) is 0.861. The molecule has 1 aromatic heterocycles. The van der Waals surface area contributed by atoms with Gasteiger partial charge in [-0.05, 0) is 38.3 Å². The van der Waals surface area contributed by atoms with Crippen LogP contribution in [0.15, 0.2) is 4.79 Å². The summed E-state index contributed by atoms with van der Waals surface area (Å²) in [6.45, 7) is 7.99. The second-order valence-corrected chi connectivity index (χ2v) is 5.81. The van der Waals surface area contributed by atoms with Crippen LogP contribution in [0.3, 0.4) is 0 Å². The van der Waals surface area contributed by atoms with Crippen LogP contribution in [0, 0.1) is 25.2 Å². The molecule has 0 aliphatic carbocycles. The number of aromatic amines is 1. The van der Waals surface area contributed by atoms with Crippen LogP contribution in [0.25, 0.3) is 0 Å². The molecule has 0 radical (unpaired) electrons. The number of carbonyl (C=O) groups excluding carboxylic acids is 1. The Kier molecular flexibility index (Phi) is 6.79. The van der Waals surface area contributed by atoms with Crippen LogP contribution in [0.2, 0.25) is 0 Å². The molecule has 1 aliphatic heterocycles. The topological polar surface area (TPSA) is 89.0 Å². The van der Waals surface area contributed by atoms with E-state index in [-0.39, 0.29) is 35.5 Å². The molecule has 1 aromatic rings. The van der Waals surface area contributed by atoms with E-state index in [9.17, 15) is 9.59 Å². The Bertz CT molecular complexity index is 678. The number of pyridine rings is 1. The Hall–Kier alpha value is -1.84. The predicted molar refractivity (Wildman–Crippen MR) is 90.9 cm³/mol. The Morgan fingerprint density at radius 3 is 2.74 bits per heavy atom. The summed E-state index contributed by atoms with van der Waals surface area (Å²) in [5, 5.41) is 12.3. The lowest BCUT2D eigenvalue weighted by atomic mass is 9.98. The zero-order chi connectivity index (χ0) is 16.3. The van der Waals surface area contributed by atoms with Crippen molar-refractivity contribution < 1.29 is 4.79 Å². The van der Waals surface area contributed by atoms with Gasteiger partial charge >= 0.3 is 0 Å². The Morgan fingerprint density at radius 2 is 2.13 bits per heavy atom.